The highest BCUT2D eigenvalue weighted by Crippen LogP contribution is 2.49. The van der Waals surface area contributed by atoms with Gasteiger partial charge >= 0.3 is 5.97 Å². The summed E-state index contributed by atoms with van der Waals surface area (Å²) in [6.45, 7) is 0. The second kappa shape index (κ2) is 3.98. The summed E-state index contributed by atoms with van der Waals surface area (Å²) < 4.78 is 31.3. The number of hydrogen-bond acceptors (Lipinski definition) is 2. The number of ether oxygens (including phenoxy) is 1. The molecular weight excluding hydrogens is 230 g/mol. The second-order valence-electron chi connectivity index (χ2n) is 4.34. The zero-order valence-electron chi connectivity index (χ0n) is 9.30. The van der Waals surface area contributed by atoms with Crippen LogP contribution in [-0.4, -0.2) is 18.2 Å². The molecule has 3 nitrogen and oxygen atoms in total. The highest BCUT2D eigenvalue weighted by atomic mass is 19.1. The first-order valence-electron chi connectivity index (χ1n) is 5.24. The number of aliphatic carboxylic acids is 1. The molecular formula is C12H12F2O3. The van der Waals surface area contributed by atoms with E-state index < -0.39 is 23.0 Å². The molecule has 2 rings (SSSR count). The van der Waals surface area contributed by atoms with Gasteiger partial charge in [0.1, 0.15) is 5.82 Å². The summed E-state index contributed by atoms with van der Waals surface area (Å²) in [5, 5.41) is 9.04. The Morgan fingerprint density at radius 2 is 2.12 bits per heavy atom. The first kappa shape index (κ1) is 11.8. The predicted octanol–water partition coefficient (Wildman–Crippen LogP) is 2.38. The summed E-state index contributed by atoms with van der Waals surface area (Å²) >= 11 is 0. The van der Waals surface area contributed by atoms with Crippen LogP contribution in [0.5, 0.6) is 5.75 Å². The Labute approximate surface area is 97.0 Å². The molecule has 1 aromatic carbocycles. The quantitative estimate of drug-likeness (QED) is 0.881. The molecule has 0 amide bonds. The highest BCUT2D eigenvalue weighted by Gasteiger charge is 2.50. The minimum absolute atomic E-state index is 0.0704. The van der Waals surface area contributed by atoms with Gasteiger partial charge in [-0.1, -0.05) is 0 Å². The molecule has 0 unspecified atom stereocenters. The minimum Gasteiger partial charge on any atom is -0.493 e. The molecule has 5 heteroatoms. The topological polar surface area (TPSA) is 46.5 Å². The molecule has 0 saturated heterocycles. The second-order valence-corrected chi connectivity index (χ2v) is 4.34. The van der Waals surface area contributed by atoms with E-state index in [4.69, 9.17) is 9.84 Å². The van der Waals surface area contributed by atoms with Gasteiger partial charge in [-0.2, -0.15) is 0 Å². The van der Waals surface area contributed by atoms with Crippen LogP contribution in [0.2, 0.25) is 0 Å². The van der Waals surface area contributed by atoms with Crippen molar-refractivity contribution >= 4 is 5.97 Å². The number of hydrogen-bond donors (Lipinski definition) is 1. The Bertz CT molecular complexity index is 467. The Hall–Kier alpha value is -1.65. The van der Waals surface area contributed by atoms with Crippen LogP contribution in [0.15, 0.2) is 12.1 Å². The average Bonchev–Trinajstić information content (AvgIpc) is 2.98. The van der Waals surface area contributed by atoms with E-state index in [-0.39, 0.29) is 17.7 Å². The van der Waals surface area contributed by atoms with Gasteiger partial charge in [0.2, 0.25) is 0 Å². The molecule has 1 aliphatic carbocycles. The summed E-state index contributed by atoms with van der Waals surface area (Å²) in [7, 11) is 1.28. The summed E-state index contributed by atoms with van der Waals surface area (Å²) in [5.41, 5.74) is -0.599. The van der Waals surface area contributed by atoms with E-state index in [1.807, 2.05) is 0 Å². The molecule has 0 heterocycles. The maximum Gasteiger partial charge on any atom is 0.309 e. The van der Waals surface area contributed by atoms with E-state index in [9.17, 15) is 13.6 Å². The Kier molecular flexibility index (Phi) is 2.77. The van der Waals surface area contributed by atoms with E-state index in [1.54, 1.807) is 0 Å². The van der Waals surface area contributed by atoms with Crippen LogP contribution in [0.3, 0.4) is 0 Å². The van der Waals surface area contributed by atoms with Crippen LogP contribution in [-0.2, 0) is 11.2 Å². The maximum absolute atomic E-state index is 13.4. The van der Waals surface area contributed by atoms with Crippen molar-refractivity contribution in [2.75, 3.05) is 7.11 Å². The van der Waals surface area contributed by atoms with Crippen molar-refractivity contribution in [1.82, 2.24) is 0 Å². The summed E-state index contributed by atoms with van der Waals surface area (Å²) in [6.07, 6.45) is 1.16. The monoisotopic (exact) mass is 242 g/mol. The molecule has 0 radical (unpaired) electrons. The van der Waals surface area contributed by atoms with Crippen molar-refractivity contribution < 1.29 is 23.4 Å². The van der Waals surface area contributed by atoms with E-state index in [0.29, 0.717) is 12.8 Å². The van der Waals surface area contributed by atoms with E-state index in [0.717, 1.165) is 12.1 Å². The third kappa shape index (κ3) is 2.09. The fourth-order valence-corrected chi connectivity index (χ4v) is 1.96. The highest BCUT2D eigenvalue weighted by molar-refractivity contribution is 5.78. The molecule has 17 heavy (non-hydrogen) atoms. The van der Waals surface area contributed by atoms with Gasteiger partial charge in [0.15, 0.2) is 11.6 Å². The lowest BCUT2D eigenvalue weighted by Crippen LogP contribution is -2.18. The van der Waals surface area contributed by atoms with Gasteiger partial charge in [0, 0.05) is 11.6 Å². The van der Waals surface area contributed by atoms with Crippen molar-refractivity contribution in [3.8, 4) is 5.75 Å². The smallest absolute Gasteiger partial charge is 0.309 e. The molecule has 0 aromatic heterocycles. The fourth-order valence-electron chi connectivity index (χ4n) is 1.96. The molecule has 1 fully saturated rings. The van der Waals surface area contributed by atoms with Crippen molar-refractivity contribution in [2.45, 2.75) is 19.3 Å². The molecule has 0 aliphatic heterocycles. The fraction of sp³-hybridized carbons (Fsp3) is 0.417. The molecule has 1 saturated carbocycles. The van der Waals surface area contributed by atoms with Gasteiger partial charge in [0.05, 0.1) is 12.5 Å². The first-order valence-corrected chi connectivity index (χ1v) is 5.24. The van der Waals surface area contributed by atoms with Crippen LogP contribution >= 0.6 is 0 Å². The van der Waals surface area contributed by atoms with Crippen molar-refractivity contribution in [3.63, 3.8) is 0 Å². The normalized spacial score (nSPS) is 16.6. The van der Waals surface area contributed by atoms with Gasteiger partial charge in [0.25, 0.3) is 0 Å². The molecule has 1 aromatic rings. The molecule has 0 bridgehead atoms. The third-order valence-electron chi connectivity index (χ3n) is 3.13. The lowest BCUT2D eigenvalue weighted by molar-refractivity contribution is -0.143. The SMILES string of the molecule is COc1c(F)cc(F)cc1CC1(C(=O)O)CC1. The number of carboxylic acids is 1. The molecule has 1 N–H and O–H groups in total. The first-order chi connectivity index (χ1) is 7.98. The predicted molar refractivity (Wildman–Crippen MR) is 55.9 cm³/mol. The number of methoxy groups -OCH3 is 1. The van der Waals surface area contributed by atoms with Crippen LogP contribution in [0.25, 0.3) is 0 Å². The standard InChI is InChI=1S/C12H12F2O3/c1-17-10-7(4-8(13)5-9(10)14)6-12(2-3-12)11(15)16/h4-5H,2-3,6H2,1H3,(H,15,16). The largest absolute Gasteiger partial charge is 0.493 e. The van der Waals surface area contributed by atoms with Gasteiger partial charge in [-0.3, -0.25) is 4.79 Å². The van der Waals surface area contributed by atoms with Gasteiger partial charge < -0.3 is 9.84 Å². The van der Waals surface area contributed by atoms with E-state index >= 15 is 0 Å². The number of carboxylic acid groups (broad SMARTS) is 1. The van der Waals surface area contributed by atoms with Crippen LogP contribution in [0, 0.1) is 17.0 Å². The minimum atomic E-state index is -0.927. The van der Waals surface area contributed by atoms with Crippen LogP contribution in [0.4, 0.5) is 8.78 Å². The van der Waals surface area contributed by atoms with Gasteiger partial charge in [-0.15, -0.1) is 0 Å². The zero-order valence-corrected chi connectivity index (χ0v) is 9.30. The number of rotatable bonds is 4. The van der Waals surface area contributed by atoms with Gasteiger partial charge in [-0.25, -0.2) is 8.78 Å². The van der Waals surface area contributed by atoms with Crippen molar-refractivity contribution in [3.05, 3.63) is 29.3 Å². The molecule has 1 aliphatic rings. The molecule has 0 atom stereocenters. The van der Waals surface area contributed by atoms with E-state index in [1.165, 1.54) is 7.11 Å². The van der Waals surface area contributed by atoms with E-state index in [2.05, 4.69) is 0 Å². The third-order valence-corrected chi connectivity index (χ3v) is 3.13. The van der Waals surface area contributed by atoms with Gasteiger partial charge in [-0.05, 0) is 25.3 Å². The number of carbonyl (C=O) groups is 1. The Morgan fingerprint density at radius 3 is 2.59 bits per heavy atom. The molecule has 92 valence electrons. The number of halogens is 2. The number of benzene rings is 1. The maximum atomic E-state index is 13.4. The van der Waals surface area contributed by atoms with Crippen LogP contribution in [0.1, 0.15) is 18.4 Å². The Morgan fingerprint density at radius 1 is 1.47 bits per heavy atom. The summed E-state index contributed by atoms with van der Waals surface area (Å²) in [5.74, 6) is -2.52. The Balaban J connectivity index is 2.35. The zero-order chi connectivity index (χ0) is 12.6. The van der Waals surface area contributed by atoms with Crippen molar-refractivity contribution in [2.24, 2.45) is 5.41 Å². The summed E-state index contributed by atoms with van der Waals surface area (Å²) in [6, 6.07) is 1.85. The summed E-state index contributed by atoms with van der Waals surface area (Å²) in [4.78, 5) is 11.0. The van der Waals surface area contributed by atoms with Crippen molar-refractivity contribution in [1.29, 1.82) is 0 Å². The average molecular weight is 242 g/mol. The lowest BCUT2D eigenvalue weighted by Gasteiger charge is -2.13. The lowest BCUT2D eigenvalue weighted by atomic mass is 9.96. The molecule has 0 spiro atoms. The van der Waals surface area contributed by atoms with Crippen LogP contribution < -0.4 is 4.74 Å².